The van der Waals surface area contributed by atoms with Gasteiger partial charge >= 0.3 is 0 Å². The Hall–Kier alpha value is -1.29. The number of sulfonamides is 1. The maximum absolute atomic E-state index is 13.9. The van der Waals surface area contributed by atoms with Gasteiger partial charge in [-0.05, 0) is 31.0 Å². The molecule has 3 rings (SSSR count). The van der Waals surface area contributed by atoms with Crippen LogP contribution in [0.5, 0.6) is 0 Å². The topological polar surface area (TPSA) is 92.5 Å². The highest BCUT2D eigenvalue weighted by molar-refractivity contribution is 7.89. The summed E-state index contributed by atoms with van der Waals surface area (Å²) < 4.78 is 40.2. The second kappa shape index (κ2) is 6.07. The van der Waals surface area contributed by atoms with Crippen LogP contribution in [0.25, 0.3) is 0 Å². The van der Waals surface area contributed by atoms with Crippen LogP contribution < -0.4 is 5.32 Å². The van der Waals surface area contributed by atoms with E-state index in [1.165, 1.54) is 0 Å². The van der Waals surface area contributed by atoms with E-state index in [4.69, 9.17) is 0 Å². The van der Waals surface area contributed by atoms with Crippen molar-refractivity contribution in [2.24, 2.45) is 11.8 Å². The first-order valence-corrected chi connectivity index (χ1v) is 7.99. The summed E-state index contributed by atoms with van der Waals surface area (Å²) in [4.78, 5) is 9.28. The lowest BCUT2D eigenvalue weighted by molar-refractivity contribution is -0.388. The molecule has 1 aromatic carbocycles. The summed E-state index contributed by atoms with van der Waals surface area (Å²) in [6.45, 7) is 1.98. The lowest BCUT2D eigenvalue weighted by Gasteiger charge is -2.17. The molecule has 0 bridgehead atoms. The molecule has 0 aromatic heterocycles. The van der Waals surface area contributed by atoms with Gasteiger partial charge in [0.15, 0.2) is 4.90 Å². The van der Waals surface area contributed by atoms with Gasteiger partial charge in [-0.25, -0.2) is 12.8 Å². The molecule has 0 spiro atoms. The molecule has 22 heavy (non-hydrogen) atoms. The van der Waals surface area contributed by atoms with Gasteiger partial charge in [0.25, 0.3) is 15.7 Å². The SMILES string of the molecule is Cl.O=[N+]([O-])c1cccc(F)c1S(=O)(=O)N1C[C@H]2CNC[C@H]2C1. The van der Waals surface area contributed by atoms with Gasteiger partial charge in [0, 0.05) is 19.2 Å². The summed E-state index contributed by atoms with van der Waals surface area (Å²) >= 11 is 0. The van der Waals surface area contributed by atoms with Gasteiger partial charge in [-0.15, -0.1) is 12.4 Å². The number of halogens is 2. The molecule has 2 fully saturated rings. The molecule has 7 nitrogen and oxygen atoms in total. The number of nitro groups is 1. The standard InChI is InChI=1S/C12H14FN3O4S.ClH/c13-10-2-1-3-11(16(17)18)12(10)21(19,20)15-6-8-4-14-5-9(8)7-15;/h1-3,8-9,14H,4-7H2;1H/t8-,9+;. The highest BCUT2D eigenvalue weighted by Gasteiger charge is 2.44. The van der Waals surface area contributed by atoms with Crippen molar-refractivity contribution >= 4 is 28.1 Å². The summed E-state index contributed by atoms with van der Waals surface area (Å²) in [7, 11) is -4.20. The molecule has 0 radical (unpaired) electrons. The highest BCUT2D eigenvalue weighted by atomic mass is 35.5. The van der Waals surface area contributed by atoms with Gasteiger partial charge in [-0.3, -0.25) is 10.1 Å². The minimum Gasteiger partial charge on any atom is -0.316 e. The van der Waals surface area contributed by atoms with Crippen molar-refractivity contribution in [1.29, 1.82) is 0 Å². The third kappa shape index (κ3) is 2.69. The number of fused-ring (bicyclic) bond motifs is 1. The van der Waals surface area contributed by atoms with Crippen molar-refractivity contribution in [3.05, 3.63) is 34.1 Å². The van der Waals surface area contributed by atoms with Gasteiger partial charge in [0.05, 0.1) is 4.92 Å². The first kappa shape index (κ1) is 17.1. The molecule has 2 saturated heterocycles. The van der Waals surface area contributed by atoms with Crippen LogP contribution in [0.15, 0.2) is 23.1 Å². The second-order valence-corrected chi connectivity index (χ2v) is 7.22. The molecule has 10 heteroatoms. The van der Waals surface area contributed by atoms with Crippen molar-refractivity contribution in [2.75, 3.05) is 26.2 Å². The smallest absolute Gasteiger partial charge is 0.292 e. The molecule has 0 amide bonds. The first-order chi connectivity index (χ1) is 9.91. The van der Waals surface area contributed by atoms with E-state index in [1.54, 1.807) is 0 Å². The quantitative estimate of drug-likeness (QED) is 0.647. The second-order valence-electron chi connectivity index (χ2n) is 5.35. The van der Waals surface area contributed by atoms with Crippen LogP contribution in [0.3, 0.4) is 0 Å². The molecule has 0 unspecified atom stereocenters. The van der Waals surface area contributed by atoms with E-state index in [1.807, 2.05) is 0 Å². The van der Waals surface area contributed by atoms with Crippen molar-refractivity contribution < 1.29 is 17.7 Å². The molecule has 2 heterocycles. The van der Waals surface area contributed by atoms with E-state index in [9.17, 15) is 22.9 Å². The third-order valence-corrected chi connectivity index (χ3v) is 5.99. The average molecular weight is 352 g/mol. The Kier molecular flexibility index (Phi) is 4.71. The number of hydrogen-bond donors (Lipinski definition) is 1. The highest BCUT2D eigenvalue weighted by Crippen LogP contribution is 2.34. The molecular formula is C12H15ClFN3O4S. The minimum atomic E-state index is -4.20. The fourth-order valence-corrected chi connectivity index (χ4v) is 4.79. The van der Waals surface area contributed by atoms with E-state index in [0.717, 1.165) is 35.6 Å². The Morgan fingerprint density at radius 3 is 2.41 bits per heavy atom. The van der Waals surface area contributed by atoms with Crippen LogP contribution in [0.4, 0.5) is 10.1 Å². The maximum Gasteiger partial charge on any atom is 0.292 e. The van der Waals surface area contributed by atoms with Crippen LogP contribution >= 0.6 is 12.4 Å². The van der Waals surface area contributed by atoms with E-state index in [-0.39, 0.29) is 37.3 Å². The normalized spacial score (nSPS) is 24.8. The number of nitrogens with zero attached hydrogens (tertiary/aromatic N) is 2. The summed E-state index contributed by atoms with van der Waals surface area (Å²) in [5, 5.41) is 14.2. The van der Waals surface area contributed by atoms with Gasteiger partial charge < -0.3 is 5.32 Å². The molecule has 1 N–H and O–H groups in total. The minimum absolute atomic E-state index is 0. The average Bonchev–Trinajstić information content (AvgIpc) is 2.98. The third-order valence-electron chi connectivity index (χ3n) is 4.10. The Labute approximate surface area is 133 Å². The Morgan fingerprint density at radius 1 is 1.27 bits per heavy atom. The maximum atomic E-state index is 13.9. The summed E-state index contributed by atoms with van der Waals surface area (Å²) in [6, 6.07) is 3.07. The van der Waals surface area contributed by atoms with Gasteiger partial charge in [-0.1, -0.05) is 6.07 Å². The van der Waals surface area contributed by atoms with Crippen LogP contribution in [-0.2, 0) is 10.0 Å². The molecule has 0 aliphatic carbocycles. The predicted octanol–water partition coefficient (Wildman–Crippen LogP) is 0.996. The van der Waals surface area contributed by atoms with Crippen LogP contribution in [-0.4, -0.2) is 43.8 Å². The van der Waals surface area contributed by atoms with E-state index in [0.29, 0.717) is 0 Å². The van der Waals surface area contributed by atoms with Gasteiger partial charge in [0.2, 0.25) is 0 Å². The summed E-state index contributed by atoms with van der Waals surface area (Å²) in [6.07, 6.45) is 0. The van der Waals surface area contributed by atoms with Crippen LogP contribution in [0, 0.1) is 27.8 Å². The van der Waals surface area contributed by atoms with Gasteiger partial charge in [0.1, 0.15) is 5.82 Å². The number of nitrogens with one attached hydrogen (secondary N) is 1. The summed E-state index contributed by atoms with van der Waals surface area (Å²) in [5.41, 5.74) is -0.717. The van der Waals surface area contributed by atoms with Crippen molar-refractivity contribution in [2.45, 2.75) is 4.90 Å². The van der Waals surface area contributed by atoms with Crippen LogP contribution in [0.2, 0.25) is 0 Å². The van der Waals surface area contributed by atoms with Gasteiger partial charge in [-0.2, -0.15) is 4.31 Å². The number of hydrogen-bond acceptors (Lipinski definition) is 5. The number of nitro benzene ring substituents is 1. The van der Waals surface area contributed by atoms with E-state index < -0.39 is 31.3 Å². The van der Waals surface area contributed by atoms with Crippen molar-refractivity contribution in [3.63, 3.8) is 0 Å². The lowest BCUT2D eigenvalue weighted by atomic mass is 10.0. The Balaban J connectivity index is 0.00000176. The zero-order chi connectivity index (χ0) is 15.2. The monoisotopic (exact) mass is 351 g/mol. The number of rotatable bonds is 3. The summed E-state index contributed by atoms with van der Waals surface area (Å²) in [5.74, 6) is -0.712. The number of benzene rings is 1. The molecule has 2 atom stereocenters. The fourth-order valence-electron chi connectivity index (χ4n) is 3.03. The molecule has 2 aliphatic heterocycles. The molecular weight excluding hydrogens is 337 g/mol. The van der Waals surface area contributed by atoms with E-state index in [2.05, 4.69) is 5.32 Å². The Morgan fingerprint density at radius 2 is 1.86 bits per heavy atom. The van der Waals surface area contributed by atoms with E-state index >= 15 is 0 Å². The lowest BCUT2D eigenvalue weighted by Crippen LogP contribution is -2.32. The molecule has 2 aliphatic rings. The zero-order valence-electron chi connectivity index (χ0n) is 11.4. The zero-order valence-corrected chi connectivity index (χ0v) is 13.1. The molecule has 1 aromatic rings. The fraction of sp³-hybridized carbons (Fsp3) is 0.500. The molecule has 0 saturated carbocycles. The Bertz CT molecular complexity index is 688. The largest absolute Gasteiger partial charge is 0.316 e. The van der Waals surface area contributed by atoms with Crippen LogP contribution in [0.1, 0.15) is 0 Å². The van der Waals surface area contributed by atoms with Crippen molar-refractivity contribution in [3.8, 4) is 0 Å². The first-order valence-electron chi connectivity index (χ1n) is 6.55. The molecule has 122 valence electrons. The predicted molar refractivity (Wildman–Crippen MR) is 78.9 cm³/mol. The van der Waals surface area contributed by atoms with Crippen molar-refractivity contribution in [1.82, 2.24) is 9.62 Å².